The summed E-state index contributed by atoms with van der Waals surface area (Å²) in [5.41, 5.74) is 1.78. The number of H-pyrrole nitrogens is 1. The fourth-order valence-electron chi connectivity index (χ4n) is 2.19. The van der Waals surface area contributed by atoms with Gasteiger partial charge in [-0.05, 0) is 49.0 Å². The van der Waals surface area contributed by atoms with Gasteiger partial charge >= 0.3 is 0 Å². The third-order valence-electron chi connectivity index (χ3n) is 3.27. The molecule has 0 saturated carbocycles. The van der Waals surface area contributed by atoms with Crippen molar-refractivity contribution in [2.24, 2.45) is 0 Å². The van der Waals surface area contributed by atoms with E-state index in [1.54, 1.807) is 30.3 Å². The number of para-hydroxylation sites is 1. The molecule has 1 heterocycles. The van der Waals surface area contributed by atoms with Gasteiger partial charge < -0.3 is 4.98 Å². The summed E-state index contributed by atoms with van der Waals surface area (Å²) in [5, 5.41) is 1.50. The number of hydrogen-bond donors (Lipinski definition) is 1. The average Bonchev–Trinajstić information content (AvgIpc) is 2.44. The molecule has 0 aliphatic heterocycles. The normalized spacial score (nSPS) is 11.0. The first-order chi connectivity index (χ1) is 9.99. The molecule has 0 radical (unpaired) electrons. The lowest BCUT2D eigenvalue weighted by Crippen LogP contribution is -2.20. The summed E-state index contributed by atoms with van der Waals surface area (Å²) in [6.45, 7) is 1.85. The molecule has 0 unspecified atom stereocenters. The lowest BCUT2D eigenvalue weighted by atomic mass is 10.2. The smallest absolute Gasteiger partial charge is 0.266 e. The standard InChI is InChI=1S/C15H10Cl2N2OS/c1-8-6-11(17)13(7-10(8)16)19-14(20)9-4-2-3-5-12(9)18-15(19)21/h2-7H,1H3,(H,18,21). The second-order valence-electron chi connectivity index (χ2n) is 4.67. The van der Waals surface area contributed by atoms with E-state index in [0.29, 0.717) is 26.6 Å². The zero-order chi connectivity index (χ0) is 15.1. The molecule has 0 aliphatic rings. The molecule has 21 heavy (non-hydrogen) atoms. The Morgan fingerprint density at radius 2 is 1.86 bits per heavy atom. The number of benzene rings is 2. The van der Waals surface area contributed by atoms with Crippen molar-refractivity contribution < 1.29 is 0 Å². The predicted molar refractivity (Wildman–Crippen MR) is 89.5 cm³/mol. The average molecular weight is 337 g/mol. The minimum Gasteiger partial charge on any atom is -0.331 e. The molecule has 3 aromatic rings. The van der Waals surface area contributed by atoms with Crippen LogP contribution in [0.1, 0.15) is 5.56 Å². The Morgan fingerprint density at radius 3 is 2.62 bits per heavy atom. The van der Waals surface area contributed by atoms with Crippen LogP contribution in [0.25, 0.3) is 16.6 Å². The van der Waals surface area contributed by atoms with Gasteiger partial charge in [-0.3, -0.25) is 9.36 Å². The third-order valence-corrected chi connectivity index (χ3v) is 4.27. The van der Waals surface area contributed by atoms with Crippen molar-refractivity contribution in [1.82, 2.24) is 9.55 Å². The number of hydrogen-bond acceptors (Lipinski definition) is 2. The third kappa shape index (κ3) is 2.39. The first-order valence-corrected chi connectivity index (χ1v) is 7.35. The van der Waals surface area contributed by atoms with Crippen LogP contribution in [-0.4, -0.2) is 9.55 Å². The molecule has 1 N–H and O–H groups in total. The maximum Gasteiger partial charge on any atom is 0.266 e. The number of halogens is 2. The zero-order valence-electron chi connectivity index (χ0n) is 11.0. The van der Waals surface area contributed by atoms with E-state index in [-0.39, 0.29) is 10.3 Å². The first-order valence-electron chi connectivity index (χ1n) is 6.19. The van der Waals surface area contributed by atoms with Crippen LogP contribution in [0.3, 0.4) is 0 Å². The van der Waals surface area contributed by atoms with E-state index >= 15 is 0 Å². The van der Waals surface area contributed by atoms with Crippen molar-refractivity contribution in [2.45, 2.75) is 6.92 Å². The Labute approximate surface area is 135 Å². The summed E-state index contributed by atoms with van der Waals surface area (Å²) in [4.78, 5) is 15.7. The molecule has 0 atom stereocenters. The van der Waals surface area contributed by atoms with E-state index in [9.17, 15) is 4.79 Å². The number of nitrogens with one attached hydrogen (secondary N) is 1. The van der Waals surface area contributed by atoms with Crippen molar-refractivity contribution in [3.05, 3.63) is 67.1 Å². The molecule has 3 rings (SSSR count). The van der Waals surface area contributed by atoms with Gasteiger partial charge in [-0.15, -0.1) is 0 Å². The molecular formula is C15H10Cl2N2OS. The van der Waals surface area contributed by atoms with Crippen LogP contribution >= 0.6 is 35.4 Å². The van der Waals surface area contributed by atoms with Gasteiger partial charge in [0, 0.05) is 5.02 Å². The van der Waals surface area contributed by atoms with Crippen LogP contribution in [0.2, 0.25) is 10.0 Å². The van der Waals surface area contributed by atoms with Crippen molar-refractivity contribution in [3.8, 4) is 5.69 Å². The molecule has 1 aromatic heterocycles. The van der Waals surface area contributed by atoms with Crippen LogP contribution < -0.4 is 5.56 Å². The molecule has 0 spiro atoms. The van der Waals surface area contributed by atoms with Gasteiger partial charge in [0.05, 0.1) is 21.6 Å². The number of fused-ring (bicyclic) bond motifs is 1. The van der Waals surface area contributed by atoms with Gasteiger partial charge in [-0.25, -0.2) is 0 Å². The second kappa shape index (κ2) is 5.30. The number of aromatic amines is 1. The van der Waals surface area contributed by atoms with Crippen molar-refractivity contribution in [3.63, 3.8) is 0 Å². The van der Waals surface area contributed by atoms with E-state index in [1.807, 2.05) is 13.0 Å². The molecule has 0 aliphatic carbocycles. The summed E-state index contributed by atoms with van der Waals surface area (Å²) in [6.07, 6.45) is 0. The molecule has 6 heteroatoms. The summed E-state index contributed by atoms with van der Waals surface area (Å²) >= 11 is 17.7. The Morgan fingerprint density at radius 1 is 1.14 bits per heavy atom. The highest BCUT2D eigenvalue weighted by Gasteiger charge is 2.12. The molecule has 0 saturated heterocycles. The number of rotatable bonds is 1. The molecule has 106 valence electrons. The van der Waals surface area contributed by atoms with Crippen LogP contribution in [0.4, 0.5) is 0 Å². The fourth-order valence-corrected chi connectivity index (χ4v) is 2.94. The maximum absolute atomic E-state index is 12.7. The van der Waals surface area contributed by atoms with Crippen LogP contribution in [0.5, 0.6) is 0 Å². The van der Waals surface area contributed by atoms with E-state index in [2.05, 4.69) is 4.98 Å². The van der Waals surface area contributed by atoms with Crippen molar-refractivity contribution >= 4 is 46.3 Å². The summed E-state index contributed by atoms with van der Waals surface area (Å²) in [6, 6.07) is 10.6. The summed E-state index contributed by atoms with van der Waals surface area (Å²) in [5.74, 6) is 0. The minimum absolute atomic E-state index is 0.226. The van der Waals surface area contributed by atoms with Crippen LogP contribution in [-0.2, 0) is 0 Å². The monoisotopic (exact) mass is 336 g/mol. The maximum atomic E-state index is 12.7. The molecular weight excluding hydrogens is 327 g/mol. The van der Waals surface area contributed by atoms with Crippen LogP contribution in [0.15, 0.2) is 41.2 Å². The summed E-state index contributed by atoms with van der Waals surface area (Å²) < 4.78 is 1.64. The molecule has 0 fully saturated rings. The molecule has 3 nitrogen and oxygen atoms in total. The lowest BCUT2D eigenvalue weighted by molar-refractivity contribution is 0.939. The minimum atomic E-state index is -0.226. The van der Waals surface area contributed by atoms with Gasteiger partial charge in [0.1, 0.15) is 0 Å². The fraction of sp³-hybridized carbons (Fsp3) is 0.0667. The van der Waals surface area contributed by atoms with Crippen molar-refractivity contribution in [1.29, 1.82) is 0 Å². The quantitative estimate of drug-likeness (QED) is 0.656. The van der Waals surface area contributed by atoms with E-state index in [4.69, 9.17) is 35.4 Å². The van der Waals surface area contributed by atoms with E-state index in [0.717, 1.165) is 5.56 Å². The predicted octanol–water partition coefficient (Wildman–Crippen LogP) is 4.66. The van der Waals surface area contributed by atoms with Gasteiger partial charge in [-0.2, -0.15) is 0 Å². The Kier molecular flexibility index (Phi) is 3.61. The topological polar surface area (TPSA) is 37.8 Å². The van der Waals surface area contributed by atoms with Gasteiger partial charge in [0.2, 0.25) is 0 Å². The van der Waals surface area contributed by atoms with Crippen LogP contribution in [0, 0.1) is 11.7 Å². The highest BCUT2D eigenvalue weighted by molar-refractivity contribution is 7.71. The number of aromatic nitrogens is 2. The SMILES string of the molecule is Cc1cc(Cl)c(-n2c(=S)[nH]c3ccccc3c2=O)cc1Cl. The first kappa shape index (κ1) is 14.3. The van der Waals surface area contributed by atoms with Gasteiger partial charge in [-0.1, -0.05) is 35.3 Å². The second-order valence-corrected chi connectivity index (χ2v) is 5.87. The Hall–Kier alpha value is -1.62. The lowest BCUT2D eigenvalue weighted by Gasteiger charge is -2.11. The zero-order valence-corrected chi connectivity index (χ0v) is 13.3. The highest BCUT2D eigenvalue weighted by atomic mass is 35.5. The van der Waals surface area contributed by atoms with E-state index < -0.39 is 0 Å². The van der Waals surface area contributed by atoms with Crippen molar-refractivity contribution in [2.75, 3.05) is 0 Å². The van der Waals surface area contributed by atoms with E-state index in [1.165, 1.54) is 4.57 Å². The molecule has 0 bridgehead atoms. The largest absolute Gasteiger partial charge is 0.331 e. The Bertz CT molecular complexity index is 976. The number of nitrogens with zero attached hydrogens (tertiary/aromatic N) is 1. The Balaban J connectivity index is 2.44. The summed E-state index contributed by atoms with van der Waals surface area (Å²) in [7, 11) is 0. The van der Waals surface area contributed by atoms with Gasteiger partial charge in [0.15, 0.2) is 4.77 Å². The highest BCUT2D eigenvalue weighted by Crippen LogP contribution is 2.27. The molecule has 2 aromatic carbocycles. The number of aryl methyl sites for hydroxylation is 1. The molecule has 0 amide bonds. The van der Waals surface area contributed by atoms with Gasteiger partial charge in [0.25, 0.3) is 5.56 Å².